The Balaban J connectivity index is 2.20. The Bertz CT molecular complexity index is 632. The van der Waals surface area contributed by atoms with Crippen LogP contribution in [0.15, 0.2) is 60.7 Å². The van der Waals surface area contributed by atoms with E-state index in [1.807, 2.05) is 0 Å². The van der Waals surface area contributed by atoms with Crippen LogP contribution in [0.3, 0.4) is 0 Å². The van der Waals surface area contributed by atoms with Crippen LogP contribution in [-0.2, 0) is 4.79 Å². The van der Waals surface area contributed by atoms with Gasteiger partial charge in [-0.3, -0.25) is 0 Å². The minimum Gasteiger partial charge on any atom is -0.477 e. The van der Waals surface area contributed by atoms with Crippen LogP contribution in [0.4, 0.5) is 13.2 Å². The SMILES string of the molecule is N[C@@H]([C@H](Oc1ccccc1)C(=O)Oc1ccccc1)C(F)(F)F. The molecule has 0 fully saturated rings. The second kappa shape index (κ2) is 7.15. The summed E-state index contributed by atoms with van der Waals surface area (Å²) in [6, 6.07) is 12.8. The summed E-state index contributed by atoms with van der Waals surface area (Å²) in [5, 5.41) is 0. The fraction of sp³-hybridized carbons (Fsp3) is 0.188. The number of halogens is 3. The normalized spacial score (nSPS) is 13.9. The molecule has 0 heterocycles. The van der Waals surface area contributed by atoms with Crippen LogP contribution >= 0.6 is 0 Å². The Labute approximate surface area is 130 Å². The number of esters is 1. The summed E-state index contributed by atoms with van der Waals surface area (Å²) in [6.45, 7) is 0. The lowest BCUT2D eigenvalue weighted by atomic mass is 10.1. The minimum atomic E-state index is -4.81. The molecule has 0 bridgehead atoms. The van der Waals surface area contributed by atoms with Gasteiger partial charge in [-0.15, -0.1) is 0 Å². The number of hydrogen-bond donors (Lipinski definition) is 1. The zero-order chi connectivity index (χ0) is 16.9. The van der Waals surface area contributed by atoms with Crippen LogP contribution in [0.1, 0.15) is 0 Å². The summed E-state index contributed by atoms with van der Waals surface area (Å²) < 4.78 is 48.7. The summed E-state index contributed by atoms with van der Waals surface area (Å²) in [5.74, 6) is -1.03. The van der Waals surface area contributed by atoms with Crippen molar-refractivity contribution in [3.63, 3.8) is 0 Å². The zero-order valence-electron chi connectivity index (χ0n) is 11.9. The average molecular weight is 325 g/mol. The van der Waals surface area contributed by atoms with Crippen molar-refractivity contribution >= 4 is 5.97 Å². The molecule has 0 amide bonds. The first kappa shape index (κ1) is 16.8. The van der Waals surface area contributed by atoms with Crippen molar-refractivity contribution in [2.75, 3.05) is 0 Å². The van der Waals surface area contributed by atoms with Gasteiger partial charge in [0.05, 0.1) is 0 Å². The molecule has 122 valence electrons. The highest BCUT2D eigenvalue weighted by Crippen LogP contribution is 2.25. The number of alkyl halides is 3. The highest BCUT2D eigenvalue weighted by Gasteiger charge is 2.47. The van der Waals surface area contributed by atoms with E-state index in [1.54, 1.807) is 36.4 Å². The topological polar surface area (TPSA) is 61.5 Å². The van der Waals surface area contributed by atoms with Crippen molar-refractivity contribution in [3.05, 3.63) is 60.7 Å². The molecule has 0 aromatic heterocycles. The maximum Gasteiger partial charge on any atom is 0.407 e. The maximum atomic E-state index is 12.9. The van der Waals surface area contributed by atoms with E-state index in [2.05, 4.69) is 0 Å². The first-order chi connectivity index (χ1) is 10.9. The number of ether oxygens (including phenoxy) is 2. The van der Waals surface area contributed by atoms with E-state index in [1.165, 1.54) is 24.3 Å². The Kier molecular flexibility index (Phi) is 5.23. The van der Waals surface area contributed by atoms with Gasteiger partial charge in [0.25, 0.3) is 0 Å². The Hall–Kier alpha value is -2.54. The summed E-state index contributed by atoms with van der Waals surface area (Å²) in [4.78, 5) is 12.1. The largest absolute Gasteiger partial charge is 0.477 e. The summed E-state index contributed by atoms with van der Waals surface area (Å²) >= 11 is 0. The van der Waals surface area contributed by atoms with Crippen LogP contribution < -0.4 is 15.2 Å². The highest BCUT2D eigenvalue weighted by atomic mass is 19.4. The molecule has 0 aliphatic heterocycles. The van der Waals surface area contributed by atoms with Crippen LogP contribution in [0.2, 0.25) is 0 Å². The van der Waals surface area contributed by atoms with E-state index in [0.717, 1.165) is 0 Å². The lowest BCUT2D eigenvalue weighted by molar-refractivity contribution is -0.178. The molecule has 0 aliphatic carbocycles. The van der Waals surface area contributed by atoms with Gasteiger partial charge in [0.1, 0.15) is 17.5 Å². The number of benzene rings is 2. The van der Waals surface area contributed by atoms with E-state index >= 15 is 0 Å². The molecular weight excluding hydrogens is 311 g/mol. The molecule has 2 N–H and O–H groups in total. The molecule has 0 radical (unpaired) electrons. The number of nitrogens with two attached hydrogens (primary N) is 1. The lowest BCUT2D eigenvalue weighted by Gasteiger charge is -2.25. The first-order valence-corrected chi connectivity index (χ1v) is 6.68. The quantitative estimate of drug-likeness (QED) is 0.678. The highest BCUT2D eigenvalue weighted by molar-refractivity contribution is 5.78. The van der Waals surface area contributed by atoms with E-state index in [9.17, 15) is 18.0 Å². The van der Waals surface area contributed by atoms with Crippen LogP contribution in [-0.4, -0.2) is 24.3 Å². The maximum absolute atomic E-state index is 12.9. The van der Waals surface area contributed by atoms with E-state index in [4.69, 9.17) is 15.2 Å². The van der Waals surface area contributed by atoms with E-state index in [-0.39, 0.29) is 11.5 Å². The Morgan fingerprint density at radius 3 is 1.87 bits per heavy atom. The van der Waals surface area contributed by atoms with Crippen LogP contribution in [0.25, 0.3) is 0 Å². The van der Waals surface area contributed by atoms with Gasteiger partial charge in [0, 0.05) is 0 Å². The van der Waals surface area contributed by atoms with Gasteiger partial charge < -0.3 is 15.2 Å². The third kappa shape index (κ3) is 4.72. The monoisotopic (exact) mass is 325 g/mol. The molecule has 0 spiro atoms. The molecule has 2 atom stereocenters. The average Bonchev–Trinajstić information content (AvgIpc) is 2.53. The van der Waals surface area contributed by atoms with Crippen molar-refractivity contribution in [1.82, 2.24) is 0 Å². The van der Waals surface area contributed by atoms with Gasteiger partial charge in [-0.2, -0.15) is 13.2 Å². The molecule has 2 aromatic rings. The second-order valence-corrected chi connectivity index (χ2v) is 4.65. The number of hydrogen-bond acceptors (Lipinski definition) is 4. The number of rotatable bonds is 5. The minimum absolute atomic E-state index is 0.0854. The fourth-order valence-electron chi connectivity index (χ4n) is 1.75. The van der Waals surface area contributed by atoms with E-state index < -0.39 is 24.3 Å². The van der Waals surface area contributed by atoms with Crippen molar-refractivity contribution in [2.24, 2.45) is 5.73 Å². The Morgan fingerprint density at radius 2 is 1.39 bits per heavy atom. The molecule has 0 saturated heterocycles. The van der Waals surface area contributed by atoms with Gasteiger partial charge in [0.2, 0.25) is 6.10 Å². The zero-order valence-corrected chi connectivity index (χ0v) is 11.9. The predicted octanol–water partition coefficient (Wildman–Crippen LogP) is 2.93. The summed E-state index contributed by atoms with van der Waals surface area (Å²) in [7, 11) is 0. The number of carbonyl (C=O) groups excluding carboxylic acids is 1. The Morgan fingerprint density at radius 1 is 0.913 bits per heavy atom. The van der Waals surface area contributed by atoms with Gasteiger partial charge in [-0.05, 0) is 24.3 Å². The molecule has 7 heteroatoms. The van der Waals surface area contributed by atoms with Gasteiger partial charge in [0.15, 0.2) is 0 Å². The fourth-order valence-corrected chi connectivity index (χ4v) is 1.75. The molecule has 0 unspecified atom stereocenters. The molecule has 0 saturated carbocycles. The first-order valence-electron chi connectivity index (χ1n) is 6.68. The van der Waals surface area contributed by atoms with Crippen LogP contribution in [0.5, 0.6) is 11.5 Å². The standard InChI is InChI=1S/C16H14F3NO3/c17-16(18,19)14(20)13(22-11-7-3-1-4-8-11)15(21)23-12-9-5-2-6-10-12/h1-10,13-14H,20H2/t13-,14-/m0/s1. The number of carbonyl (C=O) groups is 1. The van der Waals surface area contributed by atoms with Crippen molar-refractivity contribution in [1.29, 1.82) is 0 Å². The molecule has 2 aromatic carbocycles. The summed E-state index contributed by atoms with van der Waals surface area (Å²) in [6.07, 6.45) is -6.83. The smallest absolute Gasteiger partial charge is 0.407 e. The van der Waals surface area contributed by atoms with Crippen LogP contribution in [0, 0.1) is 0 Å². The number of para-hydroxylation sites is 2. The van der Waals surface area contributed by atoms with Gasteiger partial charge in [-0.25, -0.2) is 4.79 Å². The molecule has 23 heavy (non-hydrogen) atoms. The van der Waals surface area contributed by atoms with Crippen molar-refractivity contribution in [3.8, 4) is 11.5 Å². The van der Waals surface area contributed by atoms with E-state index in [0.29, 0.717) is 0 Å². The second-order valence-electron chi connectivity index (χ2n) is 4.65. The molecular formula is C16H14F3NO3. The van der Waals surface area contributed by atoms with Crippen molar-refractivity contribution in [2.45, 2.75) is 18.3 Å². The third-order valence-corrected chi connectivity index (χ3v) is 2.90. The van der Waals surface area contributed by atoms with Crippen molar-refractivity contribution < 1.29 is 27.4 Å². The lowest BCUT2D eigenvalue weighted by Crippen LogP contribution is -2.54. The molecule has 2 rings (SSSR count). The molecule has 0 aliphatic rings. The third-order valence-electron chi connectivity index (χ3n) is 2.90. The van der Waals surface area contributed by atoms with Gasteiger partial charge >= 0.3 is 12.1 Å². The predicted molar refractivity (Wildman–Crippen MR) is 77.0 cm³/mol. The summed E-state index contributed by atoms with van der Waals surface area (Å²) in [5.41, 5.74) is 5.15. The van der Waals surface area contributed by atoms with Gasteiger partial charge in [-0.1, -0.05) is 36.4 Å². The molecule has 4 nitrogen and oxygen atoms in total.